The number of nitrogens with one attached hydrogen (secondary N) is 1. The molecule has 0 radical (unpaired) electrons. The first kappa shape index (κ1) is 17.7. The lowest BCUT2D eigenvalue weighted by Gasteiger charge is -2.20. The second-order valence-electron chi connectivity index (χ2n) is 5.83. The molecule has 0 bridgehead atoms. The largest absolute Gasteiger partial charge is 0.497 e. The lowest BCUT2D eigenvalue weighted by molar-refractivity contribution is 0.415. The highest BCUT2D eigenvalue weighted by atomic mass is 16.5. The molecule has 1 heterocycles. The van der Waals surface area contributed by atoms with E-state index in [1.54, 1.807) is 7.11 Å². The van der Waals surface area contributed by atoms with Gasteiger partial charge >= 0.3 is 0 Å². The minimum Gasteiger partial charge on any atom is -0.497 e. The highest BCUT2D eigenvalue weighted by molar-refractivity contribution is 5.68. The predicted molar refractivity (Wildman–Crippen MR) is 107 cm³/mol. The van der Waals surface area contributed by atoms with E-state index in [1.807, 2.05) is 48.5 Å². The quantitative estimate of drug-likeness (QED) is 0.668. The van der Waals surface area contributed by atoms with E-state index in [-0.39, 0.29) is 0 Å². The van der Waals surface area contributed by atoms with Crippen LogP contribution in [0, 0.1) is 0 Å². The normalized spacial score (nSPS) is 10.4. The zero-order valence-corrected chi connectivity index (χ0v) is 15.4. The zero-order chi connectivity index (χ0) is 18.4. The topological polar surface area (TPSA) is 50.3 Å². The van der Waals surface area contributed by atoms with Crippen LogP contribution < -0.4 is 15.0 Å². The van der Waals surface area contributed by atoms with Crippen molar-refractivity contribution in [2.75, 3.05) is 30.4 Å². The van der Waals surface area contributed by atoms with Crippen molar-refractivity contribution in [2.24, 2.45) is 0 Å². The molecule has 0 spiro atoms. The molecule has 0 amide bonds. The smallest absolute Gasteiger partial charge is 0.227 e. The first-order valence-electron chi connectivity index (χ1n) is 8.84. The molecule has 134 valence electrons. The van der Waals surface area contributed by atoms with Crippen molar-refractivity contribution in [3.63, 3.8) is 0 Å². The second kappa shape index (κ2) is 8.34. The Kier molecular flexibility index (Phi) is 5.69. The number of ether oxygens (including phenoxy) is 1. The molecule has 2 aromatic carbocycles. The van der Waals surface area contributed by atoms with Gasteiger partial charge in [0.2, 0.25) is 5.95 Å². The summed E-state index contributed by atoms with van der Waals surface area (Å²) in [6.07, 6.45) is 0. The maximum atomic E-state index is 5.30. The molecule has 0 aliphatic heterocycles. The van der Waals surface area contributed by atoms with Crippen molar-refractivity contribution in [3.8, 4) is 17.0 Å². The molecule has 5 nitrogen and oxygen atoms in total. The van der Waals surface area contributed by atoms with E-state index < -0.39 is 0 Å². The molecule has 0 fully saturated rings. The molecule has 5 heteroatoms. The SMILES string of the molecule is CCN(CC)c1nc(Nc2cccc(OC)c2)cc(-c2ccccc2)n1. The van der Waals surface area contributed by atoms with Crippen LogP contribution in [0.3, 0.4) is 0 Å². The molecule has 0 aliphatic rings. The van der Waals surface area contributed by atoms with Gasteiger partial charge in [-0.25, -0.2) is 4.98 Å². The number of anilines is 3. The third-order valence-electron chi connectivity index (χ3n) is 4.17. The van der Waals surface area contributed by atoms with Crippen LogP contribution in [-0.4, -0.2) is 30.2 Å². The third kappa shape index (κ3) is 4.11. The fraction of sp³-hybridized carbons (Fsp3) is 0.238. The van der Waals surface area contributed by atoms with Gasteiger partial charge in [0.05, 0.1) is 12.8 Å². The summed E-state index contributed by atoms with van der Waals surface area (Å²) in [6.45, 7) is 5.93. The summed E-state index contributed by atoms with van der Waals surface area (Å²) in [7, 11) is 1.66. The van der Waals surface area contributed by atoms with Gasteiger partial charge < -0.3 is 15.0 Å². The number of benzene rings is 2. The minimum atomic E-state index is 0.724. The van der Waals surface area contributed by atoms with Crippen LogP contribution in [-0.2, 0) is 0 Å². The highest BCUT2D eigenvalue weighted by Gasteiger charge is 2.11. The average Bonchev–Trinajstić information content (AvgIpc) is 2.69. The fourth-order valence-electron chi connectivity index (χ4n) is 2.75. The van der Waals surface area contributed by atoms with Crippen molar-refractivity contribution in [2.45, 2.75) is 13.8 Å². The zero-order valence-electron chi connectivity index (χ0n) is 15.4. The van der Waals surface area contributed by atoms with Gasteiger partial charge in [-0.05, 0) is 26.0 Å². The van der Waals surface area contributed by atoms with Crippen molar-refractivity contribution in [1.29, 1.82) is 0 Å². The van der Waals surface area contributed by atoms with Crippen LogP contribution in [0.4, 0.5) is 17.5 Å². The van der Waals surface area contributed by atoms with Gasteiger partial charge in [-0.1, -0.05) is 36.4 Å². The van der Waals surface area contributed by atoms with E-state index in [1.165, 1.54) is 0 Å². The van der Waals surface area contributed by atoms with Gasteiger partial charge in [0.25, 0.3) is 0 Å². The monoisotopic (exact) mass is 348 g/mol. The maximum Gasteiger partial charge on any atom is 0.227 e. The van der Waals surface area contributed by atoms with Gasteiger partial charge in [-0.15, -0.1) is 0 Å². The molecule has 3 aromatic rings. The summed E-state index contributed by atoms with van der Waals surface area (Å²) in [5.74, 6) is 2.28. The Morgan fingerprint density at radius 1 is 0.923 bits per heavy atom. The number of hydrogen-bond acceptors (Lipinski definition) is 5. The standard InChI is InChI=1S/C21H24N4O/c1-4-25(5-2)21-23-19(16-10-7-6-8-11-16)15-20(24-21)22-17-12-9-13-18(14-17)26-3/h6-15H,4-5H2,1-3H3,(H,22,23,24). The third-order valence-corrected chi connectivity index (χ3v) is 4.17. The lowest BCUT2D eigenvalue weighted by Crippen LogP contribution is -2.24. The van der Waals surface area contributed by atoms with Crippen molar-refractivity contribution >= 4 is 17.5 Å². The Bertz CT molecular complexity index is 848. The van der Waals surface area contributed by atoms with Crippen LogP contribution in [0.1, 0.15) is 13.8 Å². The lowest BCUT2D eigenvalue weighted by atomic mass is 10.1. The van der Waals surface area contributed by atoms with Crippen molar-refractivity contribution in [3.05, 3.63) is 60.7 Å². The maximum absolute atomic E-state index is 5.30. The van der Waals surface area contributed by atoms with Crippen LogP contribution in [0.5, 0.6) is 5.75 Å². The predicted octanol–water partition coefficient (Wildman–Crippen LogP) is 4.74. The minimum absolute atomic E-state index is 0.724. The Balaban J connectivity index is 2.01. The molecular weight excluding hydrogens is 324 g/mol. The Morgan fingerprint density at radius 3 is 2.38 bits per heavy atom. The molecular formula is C21H24N4O. The number of rotatable bonds is 7. The summed E-state index contributed by atoms with van der Waals surface area (Å²) < 4.78 is 5.30. The van der Waals surface area contributed by atoms with Crippen LogP contribution >= 0.6 is 0 Å². The van der Waals surface area contributed by atoms with Gasteiger partial charge in [-0.3, -0.25) is 0 Å². The first-order chi connectivity index (χ1) is 12.7. The molecule has 1 aromatic heterocycles. The Hall–Kier alpha value is -3.08. The van der Waals surface area contributed by atoms with E-state index >= 15 is 0 Å². The summed E-state index contributed by atoms with van der Waals surface area (Å²) in [4.78, 5) is 11.6. The highest BCUT2D eigenvalue weighted by Crippen LogP contribution is 2.26. The van der Waals surface area contributed by atoms with Crippen LogP contribution in [0.15, 0.2) is 60.7 Å². The van der Waals surface area contributed by atoms with E-state index in [0.29, 0.717) is 0 Å². The molecule has 0 saturated carbocycles. The summed E-state index contributed by atoms with van der Waals surface area (Å²) in [5.41, 5.74) is 2.89. The molecule has 3 rings (SSSR count). The number of nitrogens with zero attached hydrogens (tertiary/aromatic N) is 3. The number of hydrogen-bond donors (Lipinski definition) is 1. The summed E-state index contributed by atoms with van der Waals surface area (Å²) in [6, 6.07) is 19.9. The van der Waals surface area contributed by atoms with E-state index in [9.17, 15) is 0 Å². The number of methoxy groups -OCH3 is 1. The number of aromatic nitrogens is 2. The Labute approximate surface area is 154 Å². The molecule has 1 N–H and O–H groups in total. The molecule has 0 aliphatic carbocycles. The van der Waals surface area contributed by atoms with Crippen LogP contribution in [0.2, 0.25) is 0 Å². The van der Waals surface area contributed by atoms with E-state index in [2.05, 4.69) is 36.2 Å². The van der Waals surface area contributed by atoms with Gasteiger partial charge in [-0.2, -0.15) is 4.98 Å². The van der Waals surface area contributed by atoms with Crippen LogP contribution in [0.25, 0.3) is 11.3 Å². The van der Waals surface area contributed by atoms with Gasteiger partial charge in [0.1, 0.15) is 11.6 Å². The molecule has 26 heavy (non-hydrogen) atoms. The second-order valence-corrected chi connectivity index (χ2v) is 5.83. The fourth-order valence-corrected chi connectivity index (χ4v) is 2.75. The Morgan fingerprint density at radius 2 is 1.69 bits per heavy atom. The van der Waals surface area contributed by atoms with Crippen molar-refractivity contribution < 1.29 is 4.74 Å². The van der Waals surface area contributed by atoms with Crippen molar-refractivity contribution in [1.82, 2.24) is 9.97 Å². The average molecular weight is 348 g/mol. The van der Waals surface area contributed by atoms with E-state index in [0.717, 1.165) is 47.5 Å². The molecule has 0 unspecified atom stereocenters. The summed E-state index contributed by atoms with van der Waals surface area (Å²) >= 11 is 0. The first-order valence-corrected chi connectivity index (χ1v) is 8.84. The van der Waals surface area contributed by atoms with Gasteiger partial charge in [0, 0.05) is 36.5 Å². The van der Waals surface area contributed by atoms with E-state index in [4.69, 9.17) is 14.7 Å². The van der Waals surface area contributed by atoms with Gasteiger partial charge in [0.15, 0.2) is 0 Å². The molecule has 0 saturated heterocycles. The molecule has 0 atom stereocenters. The summed E-state index contributed by atoms with van der Waals surface area (Å²) in [5, 5.41) is 3.37.